The van der Waals surface area contributed by atoms with Crippen molar-refractivity contribution >= 4 is 20.0 Å². The highest BCUT2D eigenvalue weighted by Gasteiger charge is 2.51. The zero-order valence-corrected chi connectivity index (χ0v) is 12.0. The van der Waals surface area contributed by atoms with Gasteiger partial charge in [0.25, 0.3) is 0 Å². The summed E-state index contributed by atoms with van der Waals surface area (Å²) in [5.41, 5.74) is 0. The zero-order chi connectivity index (χ0) is 12.7. The fourth-order valence-electron chi connectivity index (χ4n) is 1.69. The van der Waals surface area contributed by atoms with Crippen LogP contribution < -0.4 is 5.32 Å². The smallest absolute Gasteiger partial charge is 0.239 e. The van der Waals surface area contributed by atoms with Crippen molar-refractivity contribution in [2.45, 2.75) is 51.9 Å². The normalized spacial score (nSPS) is 21.8. The molecular formula is C11H22N2O2Si. The minimum atomic E-state index is -1.74. The van der Waals surface area contributed by atoms with Gasteiger partial charge in [-0.15, -0.1) is 0 Å². The third-order valence-electron chi connectivity index (χ3n) is 3.82. The Kier molecular flexibility index (Phi) is 3.20. The Morgan fingerprint density at radius 3 is 2.25 bits per heavy atom. The van der Waals surface area contributed by atoms with Crippen LogP contribution in [0.25, 0.3) is 0 Å². The van der Waals surface area contributed by atoms with Crippen molar-refractivity contribution in [3.63, 3.8) is 0 Å². The molecule has 1 N–H and O–H groups in total. The molecule has 4 nitrogen and oxygen atoms in total. The van der Waals surface area contributed by atoms with Crippen LogP contribution >= 0.6 is 0 Å². The average Bonchev–Trinajstić information content (AvgIpc) is 2.08. The van der Waals surface area contributed by atoms with E-state index in [2.05, 4.69) is 39.2 Å². The fraction of sp³-hybridized carbons (Fsp3) is 0.818. The van der Waals surface area contributed by atoms with E-state index in [4.69, 9.17) is 0 Å². The number of nitrogens with one attached hydrogen (secondary N) is 1. The highest BCUT2D eigenvalue weighted by molar-refractivity contribution is 6.80. The van der Waals surface area contributed by atoms with Gasteiger partial charge in [0, 0.05) is 13.5 Å². The Morgan fingerprint density at radius 1 is 1.44 bits per heavy atom. The van der Waals surface area contributed by atoms with Gasteiger partial charge >= 0.3 is 0 Å². The summed E-state index contributed by atoms with van der Waals surface area (Å²) in [5.74, 6) is -0.0463. The van der Waals surface area contributed by atoms with Crippen LogP contribution in [-0.4, -0.2) is 37.2 Å². The number of nitrogens with zero attached hydrogens (tertiary/aromatic N) is 1. The molecule has 2 amide bonds. The van der Waals surface area contributed by atoms with Crippen LogP contribution in [0.5, 0.6) is 0 Å². The maximum Gasteiger partial charge on any atom is 0.239 e. The second kappa shape index (κ2) is 3.87. The molecule has 1 heterocycles. The fourth-order valence-corrected chi connectivity index (χ4v) is 3.84. The molecule has 0 aromatic heterocycles. The van der Waals surface area contributed by atoms with E-state index < -0.39 is 8.24 Å². The first-order chi connectivity index (χ1) is 7.07. The summed E-state index contributed by atoms with van der Waals surface area (Å²) in [6.07, 6.45) is 0. The van der Waals surface area contributed by atoms with Gasteiger partial charge in [0.2, 0.25) is 11.8 Å². The van der Waals surface area contributed by atoms with Gasteiger partial charge in [0.1, 0.15) is 6.04 Å². The van der Waals surface area contributed by atoms with Gasteiger partial charge in [-0.1, -0.05) is 33.9 Å². The van der Waals surface area contributed by atoms with Crippen molar-refractivity contribution < 1.29 is 9.59 Å². The lowest BCUT2D eigenvalue weighted by atomic mass is 10.1. The zero-order valence-electron chi connectivity index (χ0n) is 11.0. The van der Waals surface area contributed by atoms with E-state index >= 15 is 0 Å². The van der Waals surface area contributed by atoms with E-state index in [9.17, 15) is 9.59 Å². The molecule has 1 fully saturated rings. The third-order valence-corrected chi connectivity index (χ3v) is 9.24. The minimum absolute atomic E-state index is 0.0850. The van der Waals surface area contributed by atoms with Gasteiger partial charge < -0.3 is 9.88 Å². The maximum absolute atomic E-state index is 11.9. The van der Waals surface area contributed by atoms with Crippen molar-refractivity contribution in [3.8, 4) is 0 Å². The van der Waals surface area contributed by atoms with Gasteiger partial charge in [0.15, 0.2) is 8.24 Å². The minimum Gasteiger partial charge on any atom is -0.365 e. The Morgan fingerprint density at radius 2 is 1.94 bits per heavy atom. The summed E-state index contributed by atoms with van der Waals surface area (Å²) in [6.45, 7) is 13.1. The molecule has 0 spiro atoms. The van der Waals surface area contributed by atoms with Gasteiger partial charge in [-0.3, -0.25) is 9.59 Å². The van der Waals surface area contributed by atoms with Gasteiger partial charge in [0.05, 0.1) is 0 Å². The molecule has 1 aliphatic rings. The van der Waals surface area contributed by atoms with Crippen LogP contribution in [0.3, 0.4) is 0 Å². The Bertz CT molecular complexity index is 320. The molecule has 0 aliphatic carbocycles. The van der Waals surface area contributed by atoms with Gasteiger partial charge in [-0.2, -0.15) is 0 Å². The van der Waals surface area contributed by atoms with E-state index in [-0.39, 0.29) is 22.9 Å². The van der Waals surface area contributed by atoms with Gasteiger partial charge in [-0.25, -0.2) is 0 Å². The van der Waals surface area contributed by atoms with Crippen LogP contribution in [0.1, 0.15) is 27.7 Å². The lowest BCUT2D eigenvalue weighted by Crippen LogP contribution is -2.73. The number of β-lactam (4-membered cyclic amide) rings is 1. The molecule has 1 unspecified atom stereocenters. The summed E-state index contributed by atoms with van der Waals surface area (Å²) in [6, 6.07) is -0.286. The van der Waals surface area contributed by atoms with Crippen molar-refractivity contribution in [2.24, 2.45) is 0 Å². The second-order valence-electron chi connectivity index (χ2n) is 6.01. The molecular weight excluding hydrogens is 220 g/mol. The molecule has 16 heavy (non-hydrogen) atoms. The molecule has 92 valence electrons. The summed E-state index contributed by atoms with van der Waals surface area (Å²) in [5, 5.41) is 2.83. The Hall–Kier alpha value is -0.843. The molecule has 0 radical (unpaired) electrons. The molecule has 1 aliphatic heterocycles. The number of hydrogen-bond acceptors (Lipinski definition) is 2. The largest absolute Gasteiger partial charge is 0.365 e. The molecule has 1 rings (SSSR count). The number of rotatable bonds is 2. The molecule has 0 aromatic rings. The van der Waals surface area contributed by atoms with Gasteiger partial charge in [-0.05, 0) is 5.04 Å². The quantitative estimate of drug-likeness (QED) is 0.587. The third kappa shape index (κ3) is 2.14. The number of carbonyl (C=O) groups is 2. The predicted octanol–water partition coefficient (Wildman–Crippen LogP) is 1.34. The first-order valence-electron chi connectivity index (χ1n) is 5.66. The number of hydrogen-bond donors (Lipinski definition) is 1. The summed E-state index contributed by atoms with van der Waals surface area (Å²) < 4.78 is 1.98. The molecule has 0 bridgehead atoms. The first-order valence-corrected chi connectivity index (χ1v) is 8.60. The lowest BCUT2D eigenvalue weighted by Gasteiger charge is -2.53. The highest BCUT2D eigenvalue weighted by atomic mass is 28.3. The van der Waals surface area contributed by atoms with Crippen molar-refractivity contribution in [1.82, 2.24) is 9.88 Å². The summed E-state index contributed by atoms with van der Waals surface area (Å²) >= 11 is 0. The topological polar surface area (TPSA) is 49.4 Å². The SMILES string of the molecule is CC(=O)NC1CN([Si](C)(C)C(C)(C)C)C1=O. The summed E-state index contributed by atoms with van der Waals surface area (Å²) in [7, 11) is -1.74. The van der Waals surface area contributed by atoms with Crippen LogP contribution in [0.2, 0.25) is 18.1 Å². The lowest BCUT2D eigenvalue weighted by molar-refractivity contribution is -0.140. The van der Waals surface area contributed by atoms with Crippen LogP contribution in [0, 0.1) is 0 Å². The van der Waals surface area contributed by atoms with E-state index in [1.807, 2.05) is 4.57 Å². The van der Waals surface area contributed by atoms with Crippen molar-refractivity contribution in [1.29, 1.82) is 0 Å². The Labute approximate surface area is 98.5 Å². The molecule has 1 atom stereocenters. The molecule has 5 heteroatoms. The van der Waals surface area contributed by atoms with Crippen molar-refractivity contribution in [2.75, 3.05) is 6.54 Å². The summed E-state index contributed by atoms with van der Waals surface area (Å²) in [4.78, 5) is 22.8. The van der Waals surface area contributed by atoms with Crippen LogP contribution in [-0.2, 0) is 9.59 Å². The Balaban J connectivity index is 2.69. The predicted molar refractivity (Wildman–Crippen MR) is 66.5 cm³/mol. The monoisotopic (exact) mass is 242 g/mol. The molecule has 1 saturated heterocycles. The average molecular weight is 242 g/mol. The standard InChI is InChI=1S/C11H22N2O2Si/c1-8(14)12-9-7-13(10(9)15)16(5,6)11(2,3)4/h9H,7H2,1-6H3,(H,12,14). The second-order valence-corrected chi connectivity index (χ2v) is 11.2. The van der Waals surface area contributed by atoms with E-state index in [1.165, 1.54) is 6.92 Å². The molecule has 0 aromatic carbocycles. The van der Waals surface area contributed by atoms with E-state index in [1.54, 1.807) is 0 Å². The van der Waals surface area contributed by atoms with E-state index in [0.29, 0.717) is 6.54 Å². The number of carbonyl (C=O) groups excluding carboxylic acids is 2. The van der Waals surface area contributed by atoms with Crippen molar-refractivity contribution in [3.05, 3.63) is 0 Å². The number of amides is 2. The highest BCUT2D eigenvalue weighted by Crippen LogP contribution is 2.40. The molecule has 0 saturated carbocycles. The first kappa shape index (κ1) is 13.2. The maximum atomic E-state index is 11.9. The van der Waals surface area contributed by atoms with Crippen LogP contribution in [0.4, 0.5) is 0 Å². The van der Waals surface area contributed by atoms with E-state index in [0.717, 1.165) is 0 Å². The van der Waals surface area contributed by atoms with Crippen LogP contribution in [0.15, 0.2) is 0 Å².